The molecule has 0 aliphatic rings. The van der Waals surface area contributed by atoms with Gasteiger partial charge in [0.2, 0.25) is 5.91 Å². The highest BCUT2D eigenvalue weighted by atomic mass is 32.2. The number of carbonyl (C=O) groups is 1. The summed E-state index contributed by atoms with van der Waals surface area (Å²) in [5.41, 5.74) is 4.58. The van der Waals surface area contributed by atoms with Crippen LogP contribution in [0.4, 0.5) is 5.69 Å². The zero-order chi connectivity index (χ0) is 22.4. The molecule has 162 valence electrons. The molecular formula is C25H28N2O3S. The van der Waals surface area contributed by atoms with Crippen LogP contribution >= 0.6 is 0 Å². The van der Waals surface area contributed by atoms with Crippen molar-refractivity contribution in [3.63, 3.8) is 0 Å². The summed E-state index contributed by atoms with van der Waals surface area (Å²) in [6, 6.07) is 21.9. The van der Waals surface area contributed by atoms with Crippen LogP contribution in [-0.2, 0) is 21.2 Å². The number of nitrogens with one attached hydrogen (secondary N) is 1. The summed E-state index contributed by atoms with van der Waals surface area (Å²) < 4.78 is 28.0. The van der Waals surface area contributed by atoms with Crippen LogP contribution in [0.25, 0.3) is 0 Å². The molecule has 0 aliphatic carbocycles. The Hall–Kier alpha value is -3.12. The fraction of sp³-hybridized carbons (Fsp3) is 0.240. The smallest absolute Gasteiger partial charge is 0.264 e. The minimum absolute atomic E-state index is 0.161. The quantitative estimate of drug-likeness (QED) is 0.576. The molecule has 0 radical (unpaired) electrons. The van der Waals surface area contributed by atoms with Gasteiger partial charge in [-0.15, -0.1) is 0 Å². The van der Waals surface area contributed by atoms with E-state index < -0.39 is 10.0 Å². The van der Waals surface area contributed by atoms with E-state index in [0.29, 0.717) is 18.7 Å². The first kappa shape index (κ1) is 22.6. The number of sulfonamides is 1. The molecule has 1 amide bonds. The van der Waals surface area contributed by atoms with Gasteiger partial charge < -0.3 is 5.32 Å². The van der Waals surface area contributed by atoms with Crippen LogP contribution in [-0.4, -0.2) is 27.4 Å². The van der Waals surface area contributed by atoms with Crippen LogP contribution < -0.4 is 9.62 Å². The van der Waals surface area contributed by atoms with Crippen LogP contribution in [0.15, 0.2) is 77.7 Å². The molecule has 3 aromatic carbocycles. The number of anilines is 1. The van der Waals surface area contributed by atoms with Crippen molar-refractivity contribution >= 4 is 21.6 Å². The lowest BCUT2D eigenvalue weighted by Crippen LogP contribution is -2.41. The lowest BCUT2D eigenvalue weighted by atomic mass is 10.1. The average Bonchev–Trinajstić information content (AvgIpc) is 2.75. The fourth-order valence-corrected chi connectivity index (χ4v) is 4.62. The molecule has 0 fully saturated rings. The first-order valence-corrected chi connectivity index (χ1v) is 11.7. The number of benzene rings is 3. The van der Waals surface area contributed by atoms with E-state index in [9.17, 15) is 13.2 Å². The lowest BCUT2D eigenvalue weighted by Gasteiger charge is -2.25. The number of aryl methyl sites for hydroxylation is 3. The molecule has 0 aliphatic heterocycles. The highest BCUT2D eigenvalue weighted by Gasteiger charge is 2.27. The van der Waals surface area contributed by atoms with Crippen LogP contribution in [0.3, 0.4) is 0 Å². The molecule has 3 aromatic rings. The van der Waals surface area contributed by atoms with Crippen LogP contribution in [0.5, 0.6) is 0 Å². The van der Waals surface area contributed by atoms with Gasteiger partial charge in [-0.05, 0) is 68.1 Å². The minimum Gasteiger partial charge on any atom is -0.354 e. The molecule has 5 nitrogen and oxygen atoms in total. The van der Waals surface area contributed by atoms with Gasteiger partial charge in [0.15, 0.2) is 0 Å². The summed E-state index contributed by atoms with van der Waals surface area (Å²) >= 11 is 0. The molecule has 0 saturated carbocycles. The SMILES string of the molecule is Cc1ccc(S(=O)(=O)N(CC(=O)NCCc2ccccc2)c2ccc(C)c(C)c2)cc1. The highest BCUT2D eigenvalue weighted by molar-refractivity contribution is 7.92. The molecule has 31 heavy (non-hydrogen) atoms. The Balaban J connectivity index is 1.82. The van der Waals surface area contributed by atoms with Crippen molar-refractivity contribution in [2.75, 3.05) is 17.4 Å². The fourth-order valence-electron chi connectivity index (χ4n) is 3.21. The molecule has 0 spiro atoms. The van der Waals surface area contributed by atoms with Crippen molar-refractivity contribution in [3.05, 3.63) is 95.1 Å². The van der Waals surface area contributed by atoms with Crippen LogP contribution in [0.2, 0.25) is 0 Å². The Morgan fingerprint density at radius 3 is 2.19 bits per heavy atom. The maximum absolute atomic E-state index is 13.4. The first-order chi connectivity index (χ1) is 14.8. The minimum atomic E-state index is -3.90. The third-order valence-electron chi connectivity index (χ3n) is 5.25. The zero-order valence-electron chi connectivity index (χ0n) is 18.1. The second-order valence-corrected chi connectivity index (χ2v) is 9.54. The normalized spacial score (nSPS) is 11.2. The third kappa shape index (κ3) is 5.73. The second kappa shape index (κ2) is 9.79. The van der Waals surface area contributed by atoms with Gasteiger partial charge in [0.25, 0.3) is 10.0 Å². The van der Waals surface area contributed by atoms with Gasteiger partial charge >= 0.3 is 0 Å². The maximum Gasteiger partial charge on any atom is 0.264 e. The molecule has 0 heterocycles. The molecular weight excluding hydrogens is 408 g/mol. The van der Waals surface area contributed by atoms with Gasteiger partial charge in [-0.2, -0.15) is 0 Å². The number of nitrogens with zero attached hydrogens (tertiary/aromatic N) is 1. The predicted molar refractivity (Wildman–Crippen MR) is 125 cm³/mol. The van der Waals surface area contributed by atoms with Gasteiger partial charge in [-0.25, -0.2) is 8.42 Å². The monoisotopic (exact) mass is 436 g/mol. The predicted octanol–water partition coefficient (Wildman–Crippen LogP) is 4.17. The van der Waals surface area contributed by atoms with Crippen LogP contribution in [0, 0.1) is 20.8 Å². The largest absolute Gasteiger partial charge is 0.354 e. The molecule has 3 rings (SSSR count). The molecule has 0 unspecified atom stereocenters. The second-order valence-electron chi connectivity index (χ2n) is 7.68. The van der Waals surface area contributed by atoms with Crippen molar-refractivity contribution < 1.29 is 13.2 Å². The molecule has 0 atom stereocenters. The van der Waals surface area contributed by atoms with E-state index in [1.807, 2.05) is 57.2 Å². The summed E-state index contributed by atoms with van der Waals surface area (Å²) in [4.78, 5) is 12.8. The van der Waals surface area contributed by atoms with E-state index in [1.165, 1.54) is 4.31 Å². The average molecular weight is 437 g/mol. The highest BCUT2D eigenvalue weighted by Crippen LogP contribution is 2.26. The number of hydrogen-bond acceptors (Lipinski definition) is 3. The zero-order valence-corrected chi connectivity index (χ0v) is 18.9. The maximum atomic E-state index is 13.4. The number of carbonyl (C=O) groups excluding carboxylic acids is 1. The van der Waals surface area contributed by atoms with Gasteiger partial charge in [-0.1, -0.05) is 54.1 Å². The van der Waals surface area contributed by atoms with Crippen molar-refractivity contribution in [2.24, 2.45) is 0 Å². The number of amides is 1. The topological polar surface area (TPSA) is 66.5 Å². The van der Waals surface area contributed by atoms with E-state index in [-0.39, 0.29) is 17.3 Å². The summed E-state index contributed by atoms with van der Waals surface area (Å²) in [6.07, 6.45) is 0.681. The van der Waals surface area contributed by atoms with Crippen molar-refractivity contribution in [1.29, 1.82) is 0 Å². The molecule has 0 aromatic heterocycles. The Kier molecular flexibility index (Phi) is 7.13. The Labute approximate surface area is 184 Å². The van der Waals surface area contributed by atoms with E-state index in [1.54, 1.807) is 36.4 Å². The van der Waals surface area contributed by atoms with Gasteiger partial charge in [-0.3, -0.25) is 9.10 Å². The summed E-state index contributed by atoms with van der Waals surface area (Å²) in [5, 5.41) is 2.85. The van der Waals surface area contributed by atoms with E-state index in [4.69, 9.17) is 0 Å². The standard InChI is InChI=1S/C25H28N2O3S/c1-19-9-13-24(14-10-19)31(29,30)27(23-12-11-20(2)21(3)17-23)18-25(28)26-16-15-22-7-5-4-6-8-22/h4-14,17H,15-16,18H2,1-3H3,(H,26,28). The van der Waals surface area contributed by atoms with E-state index in [2.05, 4.69) is 5.32 Å². The van der Waals surface area contributed by atoms with E-state index >= 15 is 0 Å². The molecule has 6 heteroatoms. The Bertz CT molecular complexity index is 1140. The summed E-state index contributed by atoms with van der Waals surface area (Å²) in [7, 11) is -3.90. The number of rotatable bonds is 8. The summed E-state index contributed by atoms with van der Waals surface area (Å²) in [5.74, 6) is -0.343. The van der Waals surface area contributed by atoms with Gasteiger partial charge in [0, 0.05) is 6.54 Å². The van der Waals surface area contributed by atoms with Crippen molar-refractivity contribution in [1.82, 2.24) is 5.32 Å². The lowest BCUT2D eigenvalue weighted by molar-refractivity contribution is -0.119. The first-order valence-electron chi connectivity index (χ1n) is 10.2. The van der Waals surface area contributed by atoms with Gasteiger partial charge in [0.05, 0.1) is 10.6 Å². The molecule has 0 saturated heterocycles. The van der Waals surface area contributed by atoms with Crippen LogP contribution in [0.1, 0.15) is 22.3 Å². The summed E-state index contributed by atoms with van der Waals surface area (Å²) in [6.45, 7) is 5.95. The number of hydrogen-bond donors (Lipinski definition) is 1. The Morgan fingerprint density at radius 1 is 0.871 bits per heavy atom. The van der Waals surface area contributed by atoms with Crippen molar-refractivity contribution in [2.45, 2.75) is 32.1 Å². The third-order valence-corrected chi connectivity index (χ3v) is 7.04. The molecule has 0 bridgehead atoms. The van der Waals surface area contributed by atoms with Gasteiger partial charge in [0.1, 0.15) is 6.54 Å². The Morgan fingerprint density at radius 2 is 1.55 bits per heavy atom. The van der Waals surface area contributed by atoms with E-state index in [0.717, 1.165) is 22.3 Å². The molecule has 1 N–H and O–H groups in total. The van der Waals surface area contributed by atoms with Crippen molar-refractivity contribution in [3.8, 4) is 0 Å².